The van der Waals surface area contributed by atoms with Crippen molar-refractivity contribution in [3.63, 3.8) is 0 Å². The molecule has 0 unspecified atom stereocenters. The van der Waals surface area contributed by atoms with Crippen molar-refractivity contribution in [3.8, 4) is 11.5 Å². The summed E-state index contributed by atoms with van der Waals surface area (Å²) in [6.07, 6.45) is 5.77. The number of piperidine rings is 1. The fraction of sp³-hybridized carbons (Fsp3) is 0.636. The van der Waals surface area contributed by atoms with E-state index >= 15 is 0 Å². The lowest BCUT2D eigenvalue weighted by Gasteiger charge is -2.30. The van der Waals surface area contributed by atoms with Gasteiger partial charge in [-0.05, 0) is 45.5 Å². The third-order valence-electron chi connectivity index (χ3n) is 5.69. The van der Waals surface area contributed by atoms with Gasteiger partial charge in [0.15, 0.2) is 11.5 Å². The predicted molar refractivity (Wildman–Crippen MR) is 120 cm³/mol. The number of anilines is 2. The summed E-state index contributed by atoms with van der Waals surface area (Å²) in [7, 11) is 7.55. The third kappa shape index (κ3) is 5.21. The molecule has 2 aromatic rings. The topological polar surface area (TPSA) is 62.8 Å². The molecule has 1 aromatic carbocycles. The fourth-order valence-electron chi connectivity index (χ4n) is 3.77. The van der Waals surface area contributed by atoms with E-state index in [-0.39, 0.29) is 0 Å². The Bertz CT molecular complexity index is 805. The predicted octanol–water partition coefficient (Wildman–Crippen LogP) is 3.78. The smallest absolute Gasteiger partial charge is 0.227 e. The molecule has 1 saturated heterocycles. The van der Waals surface area contributed by atoms with Gasteiger partial charge in [0, 0.05) is 31.1 Å². The highest BCUT2D eigenvalue weighted by Gasteiger charge is 2.20. The van der Waals surface area contributed by atoms with Crippen molar-refractivity contribution < 1.29 is 9.47 Å². The standard InChI is InChI=1S/C22H35N5O2/c1-6-7-8-11-27(3)22-24-18-15-20(29-5)19(28-4)14-17(18)21(25-22)23-16-9-12-26(2)13-10-16/h14-16H,6-13H2,1-5H3,(H,23,24,25). The number of likely N-dealkylation sites (tertiary alicyclic amines) is 1. The van der Waals surface area contributed by atoms with Gasteiger partial charge in [-0.3, -0.25) is 0 Å². The van der Waals surface area contributed by atoms with Gasteiger partial charge in [0.2, 0.25) is 5.95 Å². The van der Waals surface area contributed by atoms with Crippen LogP contribution >= 0.6 is 0 Å². The third-order valence-corrected chi connectivity index (χ3v) is 5.69. The summed E-state index contributed by atoms with van der Waals surface area (Å²) in [6.45, 7) is 5.36. The molecule has 1 fully saturated rings. The first-order valence-electron chi connectivity index (χ1n) is 10.7. The lowest BCUT2D eigenvalue weighted by atomic mass is 10.1. The number of methoxy groups -OCH3 is 2. The summed E-state index contributed by atoms with van der Waals surface area (Å²) in [5.41, 5.74) is 0.866. The van der Waals surface area contributed by atoms with E-state index in [1.807, 2.05) is 12.1 Å². The van der Waals surface area contributed by atoms with Crippen LogP contribution in [0.5, 0.6) is 11.5 Å². The van der Waals surface area contributed by atoms with Gasteiger partial charge in [0.25, 0.3) is 0 Å². The number of fused-ring (bicyclic) bond motifs is 1. The second-order valence-electron chi connectivity index (χ2n) is 7.95. The summed E-state index contributed by atoms with van der Waals surface area (Å²) in [6, 6.07) is 4.33. The first-order valence-corrected chi connectivity index (χ1v) is 10.7. The van der Waals surface area contributed by atoms with E-state index in [9.17, 15) is 0 Å². The Morgan fingerprint density at radius 3 is 2.45 bits per heavy atom. The van der Waals surface area contributed by atoms with Gasteiger partial charge in [-0.1, -0.05) is 19.8 Å². The normalized spacial score (nSPS) is 15.5. The Balaban J connectivity index is 1.97. The van der Waals surface area contributed by atoms with E-state index in [0.29, 0.717) is 17.5 Å². The number of benzene rings is 1. The van der Waals surface area contributed by atoms with Crippen LogP contribution in [-0.4, -0.2) is 68.9 Å². The van der Waals surface area contributed by atoms with Crippen molar-refractivity contribution in [2.24, 2.45) is 0 Å². The molecule has 1 aromatic heterocycles. The number of aromatic nitrogens is 2. The Kier molecular flexibility index (Phi) is 7.36. The van der Waals surface area contributed by atoms with Crippen molar-refractivity contribution in [1.29, 1.82) is 0 Å². The Morgan fingerprint density at radius 2 is 1.79 bits per heavy atom. The van der Waals surface area contributed by atoms with Gasteiger partial charge < -0.3 is 24.6 Å². The van der Waals surface area contributed by atoms with Crippen molar-refractivity contribution in [2.45, 2.75) is 45.1 Å². The van der Waals surface area contributed by atoms with Crippen molar-refractivity contribution in [2.75, 3.05) is 58.2 Å². The van der Waals surface area contributed by atoms with Crippen LogP contribution in [0.3, 0.4) is 0 Å². The molecule has 1 aliphatic rings. The Morgan fingerprint density at radius 1 is 1.10 bits per heavy atom. The molecule has 0 amide bonds. The molecular weight excluding hydrogens is 366 g/mol. The van der Waals surface area contributed by atoms with Crippen LogP contribution in [0.15, 0.2) is 12.1 Å². The van der Waals surface area contributed by atoms with Crippen LogP contribution in [0, 0.1) is 0 Å². The van der Waals surface area contributed by atoms with E-state index in [4.69, 9.17) is 19.4 Å². The first-order chi connectivity index (χ1) is 14.0. The number of nitrogens with zero attached hydrogens (tertiary/aromatic N) is 4. The van der Waals surface area contributed by atoms with Crippen molar-refractivity contribution >= 4 is 22.7 Å². The number of rotatable bonds is 9. The molecule has 0 bridgehead atoms. The molecule has 3 rings (SSSR count). The second kappa shape index (κ2) is 9.96. The van der Waals surface area contributed by atoms with Crippen LogP contribution in [0.25, 0.3) is 10.9 Å². The highest BCUT2D eigenvalue weighted by molar-refractivity contribution is 5.92. The largest absolute Gasteiger partial charge is 0.493 e. The zero-order chi connectivity index (χ0) is 20.8. The lowest BCUT2D eigenvalue weighted by Crippen LogP contribution is -2.37. The fourth-order valence-corrected chi connectivity index (χ4v) is 3.77. The summed E-state index contributed by atoms with van der Waals surface area (Å²) in [4.78, 5) is 14.3. The summed E-state index contributed by atoms with van der Waals surface area (Å²) in [5, 5.41) is 4.66. The van der Waals surface area contributed by atoms with Crippen LogP contribution in [0.2, 0.25) is 0 Å². The zero-order valence-corrected chi connectivity index (χ0v) is 18.5. The lowest BCUT2D eigenvalue weighted by molar-refractivity contribution is 0.264. The molecule has 0 radical (unpaired) electrons. The first kappa shape index (κ1) is 21.4. The molecule has 1 N–H and O–H groups in total. The quantitative estimate of drug-likeness (QED) is 0.642. The molecule has 0 saturated carbocycles. The van der Waals surface area contributed by atoms with Crippen molar-refractivity contribution in [1.82, 2.24) is 14.9 Å². The molecule has 0 atom stereocenters. The van der Waals surface area contributed by atoms with Gasteiger partial charge in [-0.15, -0.1) is 0 Å². The second-order valence-corrected chi connectivity index (χ2v) is 7.95. The van der Waals surface area contributed by atoms with Crippen LogP contribution in [-0.2, 0) is 0 Å². The van der Waals surface area contributed by atoms with E-state index in [0.717, 1.165) is 61.6 Å². The molecular formula is C22H35N5O2. The molecule has 29 heavy (non-hydrogen) atoms. The highest BCUT2D eigenvalue weighted by Crippen LogP contribution is 2.35. The zero-order valence-electron chi connectivity index (χ0n) is 18.5. The maximum absolute atomic E-state index is 5.52. The molecule has 1 aliphatic heterocycles. The minimum absolute atomic E-state index is 0.413. The average molecular weight is 402 g/mol. The number of hydrogen-bond donors (Lipinski definition) is 1. The molecule has 0 spiro atoms. The summed E-state index contributed by atoms with van der Waals surface area (Å²) in [5.74, 6) is 3.00. The van der Waals surface area contributed by atoms with E-state index in [1.54, 1.807) is 14.2 Å². The number of hydrogen-bond acceptors (Lipinski definition) is 7. The van der Waals surface area contributed by atoms with Gasteiger partial charge in [-0.25, -0.2) is 4.98 Å². The average Bonchev–Trinajstić information content (AvgIpc) is 2.74. The molecule has 7 nitrogen and oxygen atoms in total. The monoisotopic (exact) mass is 401 g/mol. The maximum atomic E-state index is 5.52. The van der Waals surface area contributed by atoms with Crippen LogP contribution in [0.4, 0.5) is 11.8 Å². The molecule has 2 heterocycles. The van der Waals surface area contributed by atoms with E-state index < -0.39 is 0 Å². The van der Waals surface area contributed by atoms with Gasteiger partial charge in [0.05, 0.1) is 19.7 Å². The number of unbranched alkanes of at least 4 members (excludes halogenated alkanes) is 2. The minimum Gasteiger partial charge on any atom is -0.493 e. The van der Waals surface area contributed by atoms with Crippen LogP contribution in [0.1, 0.15) is 39.0 Å². The SMILES string of the molecule is CCCCCN(C)c1nc(NC2CCN(C)CC2)c2cc(OC)c(OC)cc2n1. The minimum atomic E-state index is 0.413. The highest BCUT2D eigenvalue weighted by atomic mass is 16.5. The molecule has 0 aliphatic carbocycles. The number of ether oxygens (including phenoxy) is 2. The van der Waals surface area contributed by atoms with Crippen molar-refractivity contribution in [3.05, 3.63) is 12.1 Å². The van der Waals surface area contributed by atoms with E-state index in [2.05, 4.69) is 36.1 Å². The van der Waals surface area contributed by atoms with E-state index in [1.165, 1.54) is 12.8 Å². The van der Waals surface area contributed by atoms with Gasteiger partial charge in [-0.2, -0.15) is 4.98 Å². The number of nitrogens with one attached hydrogen (secondary N) is 1. The maximum Gasteiger partial charge on any atom is 0.227 e. The van der Waals surface area contributed by atoms with Gasteiger partial charge in [0.1, 0.15) is 5.82 Å². The Labute approximate surface area is 174 Å². The molecule has 7 heteroatoms. The Hall–Kier alpha value is -2.28. The van der Waals surface area contributed by atoms with Crippen LogP contribution < -0.4 is 19.7 Å². The summed E-state index contributed by atoms with van der Waals surface area (Å²) >= 11 is 0. The molecule has 160 valence electrons. The summed E-state index contributed by atoms with van der Waals surface area (Å²) < 4.78 is 11.0. The van der Waals surface area contributed by atoms with Gasteiger partial charge >= 0.3 is 0 Å².